The van der Waals surface area contributed by atoms with E-state index < -0.39 is 23.6 Å². The number of nitrogens with one attached hydrogen (secondary N) is 1. The Kier molecular flexibility index (Phi) is 7.61. The highest BCUT2D eigenvalue weighted by atomic mass is 16.6. The second-order valence-corrected chi connectivity index (χ2v) is 8.04. The minimum atomic E-state index is -0.759. The lowest BCUT2D eigenvalue weighted by Gasteiger charge is -2.24. The van der Waals surface area contributed by atoms with Crippen LogP contribution in [0.25, 0.3) is 0 Å². The molecule has 1 aromatic rings. The molecule has 8 heteroatoms. The van der Waals surface area contributed by atoms with Gasteiger partial charge in [0, 0.05) is 25.4 Å². The zero-order valence-electron chi connectivity index (χ0n) is 17.5. The number of fused-ring (bicyclic) bond motifs is 1. The van der Waals surface area contributed by atoms with E-state index in [-0.39, 0.29) is 18.9 Å². The lowest BCUT2D eigenvalue weighted by molar-refractivity contribution is -0.144. The highest BCUT2D eigenvalue weighted by Gasteiger charge is 2.31. The van der Waals surface area contributed by atoms with Gasteiger partial charge in [-0.05, 0) is 57.4 Å². The molecule has 0 radical (unpaired) electrons. The molecule has 2 rings (SSSR count). The monoisotopic (exact) mass is 406 g/mol. The van der Waals surface area contributed by atoms with Crippen LogP contribution in [0.5, 0.6) is 0 Å². The smallest absolute Gasteiger partial charge is 0.338 e. The number of carbonyl (C=O) groups is 3. The molecule has 1 atom stereocenters. The van der Waals surface area contributed by atoms with Crippen LogP contribution in [0.1, 0.15) is 56.0 Å². The number of ether oxygens (including phenoxy) is 2. The van der Waals surface area contributed by atoms with Crippen LogP contribution in [0.3, 0.4) is 0 Å². The summed E-state index contributed by atoms with van der Waals surface area (Å²) in [5.41, 5.74) is 1.23. The first kappa shape index (κ1) is 22.7. The second kappa shape index (κ2) is 9.73. The quantitative estimate of drug-likeness (QED) is 0.528. The molecule has 0 aromatic heterocycles. The zero-order valence-corrected chi connectivity index (χ0v) is 17.5. The van der Waals surface area contributed by atoms with Gasteiger partial charge in [-0.2, -0.15) is 0 Å². The molecular weight excluding hydrogens is 376 g/mol. The first-order valence-corrected chi connectivity index (χ1v) is 9.74. The fraction of sp³-hybridized carbons (Fsp3) is 0.571. The summed E-state index contributed by atoms with van der Waals surface area (Å²) in [5.74, 6) is -1.14. The second-order valence-electron chi connectivity index (χ2n) is 8.04. The number of hydrogen-bond acceptors (Lipinski definition) is 7. The molecular formula is C21H30N2O6. The fourth-order valence-electron chi connectivity index (χ4n) is 3.07. The Balaban J connectivity index is 2.31. The predicted molar refractivity (Wildman–Crippen MR) is 107 cm³/mol. The summed E-state index contributed by atoms with van der Waals surface area (Å²) in [7, 11) is 1.28. The van der Waals surface area contributed by atoms with Gasteiger partial charge in [-0.3, -0.25) is 9.59 Å². The van der Waals surface area contributed by atoms with Gasteiger partial charge in [-0.1, -0.05) is 0 Å². The van der Waals surface area contributed by atoms with Crippen molar-refractivity contribution in [2.45, 2.75) is 58.2 Å². The first-order valence-electron chi connectivity index (χ1n) is 9.74. The molecule has 1 aromatic carbocycles. The van der Waals surface area contributed by atoms with Gasteiger partial charge >= 0.3 is 11.9 Å². The van der Waals surface area contributed by atoms with Crippen LogP contribution < -0.4 is 5.32 Å². The predicted octanol–water partition coefficient (Wildman–Crippen LogP) is 2.10. The van der Waals surface area contributed by atoms with E-state index in [0.29, 0.717) is 37.2 Å². The van der Waals surface area contributed by atoms with Gasteiger partial charge in [-0.15, -0.1) is 0 Å². The molecule has 2 N–H and O–H groups in total. The average molecular weight is 406 g/mol. The molecule has 0 aliphatic carbocycles. The van der Waals surface area contributed by atoms with Gasteiger partial charge in [-0.25, -0.2) is 4.79 Å². The highest BCUT2D eigenvalue weighted by Crippen LogP contribution is 2.26. The third kappa shape index (κ3) is 6.45. The number of methoxy groups -OCH3 is 1. The molecule has 1 aliphatic heterocycles. The maximum atomic E-state index is 13.0. The minimum absolute atomic E-state index is 0.0469. The Bertz CT molecular complexity index is 756. The number of carbonyl (C=O) groups excluding carboxylic acids is 3. The van der Waals surface area contributed by atoms with Crippen LogP contribution in [-0.2, 0) is 25.6 Å². The van der Waals surface area contributed by atoms with Crippen molar-refractivity contribution in [2.75, 3.05) is 25.6 Å². The van der Waals surface area contributed by atoms with Crippen molar-refractivity contribution in [1.29, 1.82) is 0 Å². The van der Waals surface area contributed by atoms with Gasteiger partial charge in [0.2, 0.25) is 5.91 Å². The summed E-state index contributed by atoms with van der Waals surface area (Å²) in [6, 6.07) is 4.32. The Hall–Kier alpha value is -2.61. The van der Waals surface area contributed by atoms with Gasteiger partial charge in [0.1, 0.15) is 11.6 Å². The van der Waals surface area contributed by atoms with E-state index in [4.69, 9.17) is 14.6 Å². The van der Waals surface area contributed by atoms with Gasteiger partial charge in [0.25, 0.3) is 0 Å². The van der Waals surface area contributed by atoms with Crippen molar-refractivity contribution < 1.29 is 29.0 Å². The topological polar surface area (TPSA) is 105 Å². The number of benzene rings is 1. The molecule has 160 valence electrons. The molecule has 0 saturated carbocycles. The molecule has 0 bridgehead atoms. The van der Waals surface area contributed by atoms with Crippen LogP contribution in [0.4, 0.5) is 5.69 Å². The molecule has 0 spiro atoms. The number of hydrogen-bond donors (Lipinski definition) is 2. The number of rotatable bonds is 7. The minimum Gasteiger partial charge on any atom is -0.469 e. The average Bonchev–Trinajstić information content (AvgIpc) is 2.77. The molecule has 8 nitrogen and oxygen atoms in total. The number of amides is 1. The van der Waals surface area contributed by atoms with Crippen LogP contribution in [-0.4, -0.2) is 59.8 Å². The summed E-state index contributed by atoms with van der Waals surface area (Å²) < 4.78 is 10.1. The van der Waals surface area contributed by atoms with E-state index in [2.05, 4.69) is 5.32 Å². The van der Waals surface area contributed by atoms with Crippen molar-refractivity contribution in [2.24, 2.45) is 0 Å². The van der Waals surface area contributed by atoms with E-state index in [1.54, 1.807) is 43.9 Å². The summed E-state index contributed by atoms with van der Waals surface area (Å²) in [6.07, 6.45) is 1.11. The van der Waals surface area contributed by atoms with Crippen molar-refractivity contribution in [3.05, 3.63) is 29.3 Å². The SMILES string of the molecule is COC(=O)C[C@@H]1Nc2ccc(C(=O)OC(C)(C)C)cc2CN(CCCCO)C1=O. The number of unbranched alkanes of at least 4 members (excludes halogenated alkanes) is 1. The van der Waals surface area contributed by atoms with Crippen molar-refractivity contribution in [1.82, 2.24) is 4.90 Å². The maximum absolute atomic E-state index is 13.0. The van der Waals surface area contributed by atoms with E-state index in [1.165, 1.54) is 7.11 Å². The van der Waals surface area contributed by atoms with Crippen molar-refractivity contribution in [3.63, 3.8) is 0 Å². The van der Waals surface area contributed by atoms with Crippen molar-refractivity contribution in [3.8, 4) is 0 Å². The third-order valence-electron chi connectivity index (χ3n) is 4.48. The van der Waals surface area contributed by atoms with E-state index in [1.807, 2.05) is 0 Å². The molecule has 0 saturated heterocycles. The van der Waals surface area contributed by atoms with Crippen LogP contribution >= 0.6 is 0 Å². The molecule has 0 unspecified atom stereocenters. The van der Waals surface area contributed by atoms with Crippen LogP contribution in [0.15, 0.2) is 18.2 Å². The molecule has 0 fully saturated rings. The Morgan fingerprint density at radius 3 is 2.62 bits per heavy atom. The standard InChI is InChI=1S/C21H30N2O6/c1-21(2,3)29-20(27)14-7-8-16-15(11-14)13-23(9-5-6-10-24)19(26)17(22-16)12-18(25)28-4/h7-8,11,17,22,24H,5-6,9-10,12-13H2,1-4H3/t17-/m0/s1. The van der Waals surface area contributed by atoms with Crippen molar-refractivity contribution >= 4 is 23.5 Å². The number of aliphatic hydroxyl groups is 1. The normalized spacial score (nSPS) is 16.5. The molecule has 29 heavy (non-hydrogen) atoms. The van der Waals surface area contributed by atoms with E-state index in [9.17, 15) is 14.4 Å². The number of nitrogens with zero attached hydrogens (tertiary/aromatic N) is 1. The number of esters is 2. The number of anilines is 1. The summed E-state index contributed by atoms with van der Waals surface area (Å²) >= 11 is 0. The van der Waals surface area contributed by atoms with Gasteiger partial charge in [0.05, 0.1) is 19.1 Å². The van der Waals surface area contributed by atoms with Gasteiger partial charge in [0.15, 0.2) is 0 Å². The van der Waals surface area contributed by atoms with Crippen LogP contribution in [0.2, 0.25) is 0 Å². The van der Waals surface area contributed by atoms with Gasteiger partial charge < -0.3 is 24.8 Å². The summed E-state index contributed by atoms with van der Waals surface area (Å²) in [5, 5.41) is 12.2. The lowest BCUT2D eigenvalue weighted by Crippen LogP contribution is -2.42. The maximum Gasteiger partial charge on any atom is 0.338 e. The largest absolute Gasteiger partial charge is 0.469 e. The lowest BCUT2D eigenvalue weighted by atomic mass is 10.1. The van der Waals surface area contributed by atoms with Crippen LogP contribution in [0, 0.1) is 0 Å². The highest BCUT2D eigenvalue weighted by molar-refractivity contribution is 5.93. The third-order valence-corrected chi connectivity index (χ3v) is 4.48. The van der Waals surface area contributed by atoms with E-state index >= 15 is 0 Å². The zero-order chi connectivity index (χ0) is 21.6. The molecule has 1 amide bonds. The summed E-state index contributed by atoms with van der Waals surface area (Å²) in [4.78, 5) is 38.8. The molecule has 1 heterocycles. The first-order chi connectivity index (χ1) is 13.6. The van der Waals surface area contributed by atoms with E-state index in [0.717, 1.165) is 5.56 Å². The Labute approximate surface area is 171 Å². The Morgan fingerprint density at radius 1 is 1.28 bits per heavy atom. The number of aliphatic hydroxyl groups excluding tert-OH is 1. The molecule has 1 aliphatic rings. The Morgan fingerprint density at radius 2 is 2.00 bits per heavy atom. The summed E-state index contributed by atoms with van der Waals surface area (Å²) in [6.45, 7) is 6.18. The fourth-order valence-corrected chi connectivity index (χ4v) is 3.07.